The van der Waals surface area contributed by atoms with Crippen molar-refractivity contribution in [1.29, 1.82) is 0 Å². The van der Waals surface area contributed by atoms with E-state index in [9.17, 15) is 10.1 Å². The second-order valence-electron chi connectivity index (χ2n) is 5.37. The summed E-state index contributed by atoms with van der Waals surface area (Å²) in [7, 11) is 0. The zero-order valence-corrected chi connectivity index (χ0v) is 11.6. The summed E-state index contributed by atoms with van der Waals surface area (Å²) in [6.07, 6.45) is 0. The fourth-order valence-electron chi connectivity index (χ4n) is 1.57. The molecule has 1 N–H and O–H groups in total. The average Bonchev–Trinajstić information content (AvgIpc) is 2.85. The van der Waals surface area contributed by atoms with E-state index in [2.05, 4.69) is 15.2 Å². The summed E-state index contributed by atoms with van der Waals surface area (Å²) >= 11 is 0. The van der Waals surface area contributed by atoms with Gasteiger partial charge in [-0.25, -0.2) is 4.98 Å². The Bertz CT molecular complexity index is 616. The molecule has 1 aromatic heterocycles. The van der Waals surface area contributed by atoms with Crippen molar-refractivity contribution in [2.24, 2.45) is 0 Å². The van der Waals surface area contributed by atoms with Gasteiger partial charge >= 0.3 is 5.69 Å². The first-order valence-electron chi connectivity index (χ1n) is 6.16. The number of H-pyrrole nitrogens is 1. The molecule has 0 amide bonds. The quantitative estimate of drug-likeness (QED) is 0.684. The fraction of sp³-hybridized carbons (Fsp3) is 0.385. The van der Waals surface area contributed by atoms with Crippen molar-refractivity contribution in [3.05, 3.63) is 46.0 Å². The lowest BCUT2D eigenvalue weighted by molar-refractivity contribution is -0.385. The first kappa shape index (κ1) is 14.0. The van der Waals surface area contributed by atoms with Crippen LogP contribution in [0.1, 0.15) is 32.4 Å². The standard InChI is InChI=1S/C13H16N4O3/c1-13(2,3)12-14-11(15-16-12)8-20-10-7-5-4-6-9(10)17(18)19/h4-7H,8H2,1-3H3,(H,14,15,16). The number of nitro benzene ring substituents is 1. The van der Waals surface area contributed by atoms with Crippen LogP contribution in [0.15, 0.2) is 24.3 Å². The van der Waals surface area contributed by atoms with Crippen LogP contribution in [0.5, 0.6) is 5.75 Å². The minimum absolute atomic E-state index is 0.0666. The van der Waals surface area contributed by atoms with Crippen molar-refractivity contribution in [3.63, 3.8) is 0 Å². The third-order valence-corrected chi connectivity index (χ3v) is 2.63. The molecule has 0 spiro atoms. The molecule has 106 valence electrons. The molecule has 7 heteroatoms. The summed E-state index contributed by atoms with van der Waals surface area (Å²) < 4.78 is 5.44. The molecule has 0 unspecified atom stereocenters. The van der Waals surface area contributed by atoms with Crippen LogP contribution in [0.3, 0.4) is 0 Å². The Balaban J connectivity index is 2.10. The van der Waals surface area contributed by atoms with Crippen LogP contribution >= 0.6 is 0 Å². The van der Waals surface area contributed by atoms with Gasteiger partial charge in [0.25, 0.3) is 0 Å². The van der Waals surface area contributed by atoms with Gasteiger partial charge in [0.05, 0.1) is 4.92 Å². The van der Waals surface area contributed by atoms with Crippen molar-refractivity contribution in [3.8, 4) is 5.75 Å². The van der Waals surface area contributed by atoms with E-state index in [0.29, 0.717) is 11.6 Å². The summed E-state index contributed by atoms with van der Waals surface area (Å²) in [5.41, 5.74) is -0.226. The highest BCUT2D eigenvalue weighted by Gasteiger charge is 2.20. The SMILES string of the molecule is CC(C)(C)c1n[nH]c(COc2ccccc2[N+](=O)[O-])n1. The number of aromatic nitrogens is 3. The van der Waals surface area contributed by atoms with Gasteiger partial charge < -0.3 is 4.74 Å². The molecule has 0 saturated heterocycles. The molecule has 2 aromatic rings. The lowest BCUT2D eigenvalue weighted by Crippen LogP contribution is -2.13. The lowest BCUT2D eigenvalue weighted by Gasteiger charge is -2.11. The van der Waals surface area contributed by atoms with Gasteiger partial charge in [0.1, 0.15) is 6.61 Å². The Labute approximate surface area is 116 Å². The number of ether oxygens (including phenoxy) is 1. The van der Waals surface area contributed by atoms with E-state index in [1.54, 1.807) is 18.2 Å². The minimum atomic E-state index is -0.476. The molecule has 0 fully saturated rings. The number of para-hydroxylation sites is 2. The molecular formula is C13H16N4O3. The number of rotatable bonds is 4. The van der Waals surface area contributed by atoms with Gasteiger partial charge in [0, 0.05) is 11.5 Å². The zero-order valence-electron chi connectivity index (χ0n) is 11.6. The van der Waals surface area contributed by atoms with Gasteiger partial charge in [-0.05, 0) is 6.07 Å². The van der Waals surface area contributed by atoms with Crippen LogP contribution in [-0.4, -0.2) is 20.1 Å². The molecule has 1 aromatic carbocycles. The van der Waals surface area contributed by atoms with E-state index in [0.717, 1.165) is 0 Å². The van der Waals surface area contributed by atoms with Gasteiger partial charge in [-0.1, -0.05) is 32.9 Å². The molecular weight excluding hydrogens is 260 g/mol. The second kappa shape index (κ2) is 5.28. The van der Waals surface area contributed by atoms with E-state index in [4.69, 9.17) is 4.74 Å². The maximum Gasteiger partial charge on any atom is 0.310 e. The first-order valence-corrected chi connectivity index (χ1v) is 6.16. The number of hydrogen-bond donors (Lipinski definition) is 1. The van der Waals surface area contributed by atoms with Gasteiger partial charge in [0.2, 0.25) is 0 Å². The smallest absolute Gasteiger partial charge is 0.310 e. The highest BCUT2D eigenvalue weighted by Crippen LogP contribution is 2.26. The Hall–Kier alpha value is -2.44. The Kier molecular flexibility index (Phi) is 3.69. The maximum absolute atomic E-state index is 10.9. The van der Waals surface area contributed by atoms with Gasteiger partial charge in [0.15, 0.2) is 17.4 Å². The predicted molar refractivity (Wildman–Crippen MR) is 72.5 cm³/mol. The summed E-state index contributed by atoms with van der Waals surface area (Å²) in [6.45, 7) is 6.11. The van der Waals surface area contributed by atoms with Gasteiger partial charge in [-0.15, -0.1) is 0 Å². The monoisotopic (exact) mass is 276 g/mol. The van der Waals surface area contributed by atoms with Crippen molar-refractivity contribution < 1.29 is 9.66 Å². The molecule has 0 radical (unpaired) electrons. The molecule has 0 aliphatic heterocycles. The van der Waals surface area contributed by atoms with E-state index < -0.39 is 4.92 Å². The Morgan fingerprint density at radius 2 is 2.05 bits per heavy atom. The largest absolute Gasteiger partial charge is 0.479 e. The average molecular weight is 276 g/mol. The zero-order chi connectivity index (χ0) is 14.8. The Morgan fingerprint density at radius 1 is 1.35 bits per heavy atom. The van der Waals surface area contributed by atoms with Crippen molar-refractivity contribution in [1.82, 2.24) is 15.2 Å². The van der Waals surface area contributed by atoms with Crippen LogP contribution < -0.4 is 4.74 Å². The van der Waals surface area contributed by atoms with Crippen molar-refractivity contribution in [2.75, 3.05) is 0 Å². The third kappa shape index (κ3) is 3.11. The minimum Gasteiger partial charge on any atom is -0.479 e. The number of hydrogen-bond acceptors (Lipinski definition) is 5. The normalized spacial score (nSPS) is 11.3. The molecule has 0 aliphatic rings. The van der Waals surface area contributed by atoms with E-state index in [1.807, 2.05) is 20.8 Å². The van der Waals surface area contributed by atoms with Crippen LogP contribution in [0.2, 0.25) is 0 Å². The predicted octanol–water partition coefficient (Wildman–Crippen LogP) is 2.59. The van der Waals surface area contributed by atoms with Gasteiger partial charge in [-0.2, -0.15) is 5.10 Å². The van der Waals surface area contributed by atoms with Crippen LogP contribution in [-0.2, 0) is 12.0 Å². The maximum atomic E-state index is 10.9. The Morgan fingerprint density at radius 3 is 2.65 bits per heavy atom. The number of nitrogens with zero attached hydrogens (tertiary/aromatic N) is 3. The summed E-state index contributed by atoms with van der Waals surface area (Å²) in [4.78, 5) is 14.7. The van der Waals surface area contributed by atoms with Crippen LogP contribution in [0.4, 0.5) is 5.69 Å². The molecule has 20 heavy (non-hydrogen) atoms. The van der Waals surface area contributed by atoms with Crippen LogP contribution in [0, 0.1) is 10.1 Å². The van der Waals surface area contributed by atoms with E-state index in [1.165, 1.54) is 6.07 Å². The van der Waals surface area contributed by atoms with E-state index in [-0.39, 0.29) is 23.5 Å². The highest BCUT2D eigenvalue weighted by atomic mass is 16.6. The molecule has 1 heterocycles. The summed E-state index contributed by atoms with van der Waals surface area (Å²) in [5, 5.41) is 17.7. The van der Waals surface area contributed by atoms with Crippen molar-refractivity contribution >= 4 is 5.69 Å². The summed E-state index contributed by atoms with van der Waals surface area (Å²) in [5.74, 6) is 1.43. The molecule has 0 saturated carbocycles. The van der Waals surface area contributed by atoms with Crippen LogP contribution in [0.25, 0.3) is 0 Å². The first-order chi connectivity index (χ1) is 9.38. The van der Waals surface area contributed by atoms with Crippen molar-refractivity contribution in [2.45, 2.75) is 32.8 Å². The summed E-state index contributed by atoms with van der Waals surface area (Å²) in [6, 6.07) is 6.23. The highest BCUT2D eigenvalue weighted by molar-refractivity contribution is 5.45. The number of benzene rings is 1. The topological polar surface area (TPSA) is 93.9 Å². The molecule has 7 nitrogen and oxygen atoms in total. The molecule has 0 atom stereocenters. The number of nitro groups is 1. The molecule has 0 aliphatic carbocycles. The second-order valence-corrected chi connectivity index (χ2v) is 5.37. The molecule has 2 rings (SSSR count). The third-order valence-electron chi connectivity index (χ3n) is 2.63. The van der Waals surface area contributed by atoms with Gasteiger partial charge in [-0.3, -0.25) is 15.2 Å². The fourth-order valence-corrected chi connectivity index (χ4v) is 1.57. The number of nitrogens with one attached hydrogen (secondary N) is 1. The van der Waals surface area contributed by atoms with E-state index >= 15 is 0 Å². The number of aromatic amines is 1. The lowest BCUT2D eigenvalue weighted by atomic mass is 9.96. The molecule has 0 bridgehead atoms.